The summed E-state index contributed by atoms with van der Waals surface area (Å²) in [4.78, 5) is 87.8. The summed E-state index contributed by atoms with van der Waals surface area (Å²) in [6.07, 6.45) is 2.09. The second-order valence-corrected chi connectivity index (χ2v) is 23.4. The Bertz CT molecular complexity index is 2270. The van der Waals surface area contributed by atoms with Gasteiger partial charge >= 0.3 is 12.1 Å². The topological polar surface area (TPSA) is 310 Å². The van der Waals surface area contributed by atoms with Crippen LogP contribution in [-0.2, 0) is 66.6 Å². The van der Waals surface area contributed by atoms with Crippen LogP contribution in [-0.4, -0.2) is 204 Å². The third kappa shape index (κ3) is 17.4. The van der Waals surface area contributed by atoms with Gasteiger partial charge in [-0.15, -0.1) is 0 Å². The number of amides is 1. The summed E-state index contributed by atoms with van der Waals surface area (Å²) in [5, 5.41) is 63.2. The van der Waals surface area contributed by atoms with Crippen molar-refractivity contribution in [1.82, 2.24) is 4.90 Å². The molecule has 4 aliphatic heterocycles. The Hall–Kier alpha value is -4.30. The molecule has 0 aromatic heterocycles. The summed E-state index contributed by atoms with van der Waals surface area (Å²) >= 11 is 0. The first-order chi connectivity index (χ1) is 38.9. The van der Waals surface area contributed by atoms with Gasteiger partial charge in [-0.25, -0.2) is 9.59 Å². The molecule has 22 nitrogen and oxygen atoms in total. The smallest absolute Gasteiger partial charge is 0.460 e. The van der Waals surface area contributed by atoms with Gasteiger partial charge in [-0.2, -0.15) is 0 Å². The Balaban J connectivity index is 1.55. The molecular weight excluding hydrogens is 1070 g/mol. The Morgan fingerprint density at radius 3 is 2.24 bits per heavy atom. The molecule has 4 fully saturated rings. The Morgan fingerprint density at radius 1 is 0.841 bits per heavy atom. The van der Waals surface area contributed by atoms with E-state index >= 15 is 0 Å². The highest BCUT2D eigenvalue weighted by Gasteiger charge is 2.55. The Labute approximate surface area is 482 Å². The van der Waals surface area contributed by atoms with Gasteiger partial charge < -0.3 is 78.2 Å². The van der Waals surface area contributed by atoms with Crippen molar-refractivity contribution in [3.63, 3.8) is 0 Å². The van der Waals surface area contributed by atoms with E-state index in [1.54, 1.807) is 34.0 Å². The normalized spacial score (nSPS) is 40.0. The van der Waals surface area contributed by atoms with Crippen molar-refractivity contribution in [3.8, 4) is 0 Å². The first kappa shape index (κ1) is 68.5. The number of aliphatic hydroxyl groups excluding tert-OH is 5. The molecule has 22 heteroatoms. The number of rotatable bonds is 12. The molecule has 4 heterocycles. The molecule has 6 N–H and O–H groups in total. The van der Waals surface area contributed by atoms with Gasteiger partial charge in [0.05, 0.1) is 44.2 Å². The van der Waals surface area contributed by atoms with Gasteiger partial charge in [-0.3, -0.25) is 19.2 Å². The molecule has 5 aliphatic rings. The molecule has 82 heavy (non-hydrogen) atoms. The van der Waals surface area contributed by atoms with Crippen molar-refractivity contribution in [2.24, 2.45) is 35.5 Å². The fraction of sp³-hybridized carbons (Fsp3) is 0.767. The predicted molar refractivity (Wildman–Crippen MR) is 295 cm³/mol. The lowest BCUT2D eigenvalue weighted by molar-refractivity contribution is -0.333. The predicted octanol–water partition coefficient (Wildman–Crippen LogP) is 4.16. The minimum absolute atomic E-state index is 0.00996. The quantitative estimate of drug-likeness (QED) is 0.0908. The number of ether oxygens (including phenoxy) is 9. The van der Waals surface area contributed by atoms with Crippen molar-refractivity contribution < 1.29 is 102 Å². The number of aliphatic hydroxyl groups is 6. The van der Waals surface area contributed by atoms with Crippen LogP contribution in [0.15, 0.2) is 47.6 Å². The minimum Gasteiger partial charge on any atom is -0.460 e. The van der Waals surface area contributed by atoms with Crippen molar-refractivity contribution in [3.05, 3.63) is 47.6 Å². The molecule has 464 valence electrons. The largest absolute Gasteiger partial charge is 0.511 e. The molecular formula is C60H93NO21. The van der Waals surface area contributed by atoms with Gasteiger partial charge in [-0.05, 0) is 107 Å². The maximum Gasteiger partial charge on any atom is 0.511 e. The molecule has 0 aromatic carbocycles. The molecule has 0 radical (unpaired) electrons. The standard InChI is InChI=1S/C60H93NO21/c1-34-16-12-11-13-17-35(2)47(74-8)30-42-21-19-40(7)60(73,81-42)55(69)56(70)61-23-15-14-18-43(61)57(71)79-48(37(4)28-41-20-22-46(77-25-24-62)49(29-41)75-9)31-44(64)36(3)27-39(6)52(53(76-10)50(66)38(5)26-34)80-58(72)82-59(33-63)54(68)51(67)45(65)32-78-59/h11-13,16-17,27,34,36-38,40-43,45-49,51-54,62-63,65,67-68,73H,14-15,18-26,28-33H2,1-10H3/b13-11+,16-12+,35-17+,39-27+/t34-,36-,37-,38-,40-,41?,42+,43?,45+,46-,47+,48+,49-,51+,52-,53+,54-,59?,60-/m1/s1. The Morgan fingerprint density at radius 2 is 1.57 bits per heavy atom. The van der Waals surface area contributed by atoms with E-state index in [1.807, 2.05) is 45.1 Å². The lowest BCUT2D eigenvalue weighted by Gasteiger charge is -2.42. The van der Waals surface area contributed by atoms with Gasteiger partial charge in [0, 0.05) is 58.5 Å². The van der Waals surface area contributed by atoms with Crippen LogP contribution in [0.5, 0.6) is 0 Å². The van der Waals surface area contributed by atoms with Crippen LogP contribution in [0, 0.1) is 35.5 Å². The molecule has 1 amide bonds. The number of carbonyl (C=O) groups is 6. The average Bonchev–Trinajstić information content (AvgIpc) is 2.93. The van der Waals surface area contributed by atoms with Gasteiger partial charge in [0.1, 0.15) is 36.7 Å². The van der Waals surface area contributed by atoms with E-state index in [0.29, 0.717) is 57.8 Å². The zero-order chi connectivity index (χ0) is 60.6. The van der Waals surface area contributed by atoms with E-state index in [2.05, 4.69) is 0 Å². The van der Waals surface area contributed by atoms with Crippen molar-refractivity contribution in [2.45, 2.75) is 204 Å². The summed E-state index contributed by atoms with van der Waals surface area (Å²) in [5.41, 5.74) is 0.953. The summed E-state index contributed by atoms with van der Waals surface area (Å²) in [6, 6.07) is -1.25. The summed E-state index contributed by atoms with van der Waals surface area (Å²) < 4.78 is 52.4. The first-order valence-electron chi connectivity index (χ1n) is 29.1. The maximum atomic E-state index is 14.7. The number of methoxy groups -OCH3 is 3. The summed E-state index contributed by atoms with van der Waals surface area (Å²) in [6.45, 7) is 10.2. The number of Topliss-reactive ketones (excluding diaryl/α,β-unsaturated/α-hetero) is 3. The third-order valence-corrected chi connectivity index (χ3v) is 17.2. The number of hydrogen-bond donors (Lipinski definition) is 6. The number of cyclic esters (lactones) is 1. The highest BCUT2D eigenvalue weighted by molar-refractivity contribution is 6.39. The molecule has 2 bridgehead atoms. The lowest BCUT2D eigenvalue weighted by atomic mass is 9.78. The number of allylic oxidation sites excluding steroid dienone is 6. The Kier molecular flexibility index (Phi) is 26.5. The van der Waals surface area contributed by atoms with Crippen LogP contribution in [0.4, 0.5) is 4.79 Å². The molecule has 1 saturated carbocycles. The van der Waals surface area contributed by atoms with Crippen molar-refractivity contribution in [2.75, 3.05) is 54.3 Å². The number of ketones is 3. The van der Waals surface area contributed by atoms with Gasteiger partial charge in [-0.1, -0.05) is 71.1 Å². The number of piperidine rings is 1. The number of nitrogens with zero attached hydrogens (tertiary/aromatic N) is 1. The highest BCUT2D eigenvalue weighted by atomic mass is 16.8. The van der Waals surface area contributed by atoms with E-state index in [9.17, 15) is 59.4 Å². The zero-order valence-electron chi connectivity index (χ0n) is 49.6. The summed E-state index contributed by atoms with van der Waals surface area (Å²) in [7, 11) is 4.37. The second kappa shape index (κ2) is 31.7. The fourth-order valence-electron chi connectivity index (χ4n) is 12.0. The minimum atomic E-state index is -2.59. The number of esters is 1. The van der Waals surface area contributed by atoms with Crippen molar-refractivity contribution in [1.29, 1.82) is 0 Å². The van der Waals surface area contributed by atoms with E-state index in [-0.39, 0.29) is 68.6 Å². The van der Waals surface area contributed by atoms with E-state index < -0.39 is 139 Å². The molecule has 5 rings (SSSR count). The third-order valence-electron chi connectivity index (χ3n) is 17.2. The number of fused-ring (bicyclic) bond motifs is 3. The lowest BCUT2D eigenvalue weighted by Crippen LogP contribution is -2.64. The molecule has 3 saturated heterocycles. The highest BCUT2D eigenvalue weighted by Crippen LogP contribution is 2.39. The monoisotopic (exact) mass is 1160 g/mol. The number of hydrogen-bond acceptors (Lipinski definition) is 21. The second-order valence-electron chi connectivity index (χ2n) is 23.4. The van der Waals surface area contributed by atoms with Gasteiger partial charge in [0.25, 0.3) is 17.5 Å². The van der Waals surface area contributed by atoms with Crippen molar-refractivity contribution >= 4 is 35.4 Å². The molecule has 0 spiro atoms. The van der Waals surface area contributed by atoms with Gasteiger partial charge in [0.2, 0.25) is 5.79 Å². The SMILES string of the molecule is CO[C@H]1C[C@@H]2CC[C@@H](C)[C@@](O)(O2)C(=O)C(=O)N2CCCCC2C(=O)O[C@H]([C@H](C)CC2CC[C@@H](OCCO)[C@H](OC)C2)CC(=O)[C@H](C)/C=C(\C)[C@@H](OC(=O)OC2(CO)OC[C@H](O)[C@H](O)[C@H]2O)[C@@H](OC)C(=O)[C@H](C)C[C@H](C)/C=C/C=C/C=C/1C. The van der Waals surface area contributed by atoms with Crippen LogP contribution in [0.25, 0.3) is 0 Å². The molecule has 1 aliphatic carbocycles. The van der Waals surface area contributed by atoms with Crippen LogP contribution in [0.3, 0.4) is 0 Å². The van der Waals surface area contributed by atoms with Crippen LogP contribution in [0.2, 0.25) is 0 Å². The van der Waals surface area contributed by atoms with E-state index in [1.165, 1.54) is 27.2 Å². The van der Waals surface area contributed by atoms with Gasteiger partial charge in [0.15, 0.2) is 24.1 Å². The average molecular weight is 1160 g/mol. The van der Waals surface area contributed by atoms with Crippen LogP contribution >= 0.6 is 0 Å². The molecule has 0 aromatic rings. The molecule has 19 atom stereocenters. The van der Waals surface area contributed by atoms with E-state index in [0.717, 1.165) is 10.5 Å². The molecule has 3 unspecified atom stereocenters. The zero-order valence-corrected chi connectivity index (χ0v) is 49.6. The summed E-state index contributed by atoms with van der Waals surface area (Å²) in [5.74, 6) is -12.3. The van der Waals surface area contributed by atoms with Crippen LogP contribution < -0.4 is 0 Å². The maximum absolute atomic E-state index is 14.7. The number of carbonyl (C=O) groups excluding carboxylic acids is 6. The fourth-order valence-corrected chi connectivity index (χ4v) is 12.0. The van der Waals surface area contributed by atoms with E-state index in [4.69, 9.17) is 42.6 Å². The van der Waals surface area contributed by atoms with Crippen LogP contribution in [0.1, 0.15) is 126 Å². The first-order valence-corrected chi connectivity index (χ1v) is 29.1.